The van der Waals surface area contributed by atoms with Crippen LogP contribution in [0.15, 0.2) is 29.9 Å². The Labute approximate surface area is 195 Å². The van der Waals surface area contributed by atoms with Crippen LogP contribution in [0.2, 0.25) is 0 Å². The Bertz CT molecular complexity index is 916. The van der Waals surface area contributed by atoms with Crippen LogP contribution in [0.25, 0.3) is 0 Å². The van der Waals surface area contributed by atoms with E-state index in [0.29, 0.717) is 18.3 Å². The van der Waals surface area contributed by atoms with Gasteiger partial charge in [0, 0.05) is 31.6 Å². The summed E-state index contributed by atoms with van der Waals surface area (Å²) in [5.74, 6) is -2.25. The van der Waals surface area contributed by atoms with Crippen LogP contribution in [-0.4, -0.2) is 75.4 Å². The zero-order valence-electron chi connectivity index (χ0n) is 18.5. The molecule has 1 aliphatic heterocycles. The Morgan fingerprint density at radius 2 is 1.94 bits per heavy atom. The lowest BCUT2D eigenvalue weighted by Gasteiger charge is -2.32. The lowest BCUT2D eigenvalue weighted by atomic mass is 10.1. The molecule has 0 saturated carbocycles. The Morgan fingerprint density at radius 1 is 1.18 bits per heavy atom. The Kier molecular flexibility index (Phi) is 9.82. The lowest BCUT2D eigenvalue weighted by Crippen LogP contribution is -2.48. The number of nitrogens with one attached hydrogen (secondary N) is 3. The van der Waals surface area contributed by atoms with Crippen LogP contribution < -0.4 is 20.9 Å². The summed E-state index contributed by atoms with van der Waals surface area (Å²) >= 11 is 1.26. The average Bonchev–Trinajstić information content (AvgIpc) is 3.29. The van der Waals surface area contributed by atoms with Crippen molar-refractivity contribution in [3.8, 4) is 0 Å². The number of thiazole rings is 1. The van der Waals surface area contributed by atoms with E-state index < -0.39 is 23.9 Å². The van der Waals surface area contributed by atoms with Crippen molar-refractivity contribution in [1.82, 2.24) is 20.9 Å². The van der Waals surface area contributed by atoms with Crippen molar-refractivity contribution >= 4 is 40.3 Å². The van der Waals surface area contributed by atoms with E-state index in [1.54, 1.807) is 5.38 Å². The van der Waals surface area contributed by atoms with Gasteiger partial charge in [0.25, 0.3) is 11.8 Å². The second kappa shape index (κ2) is 12.6. The number of alkyl carbamates (subject to hydrolysis) is 1. The van der Waals surface area contributed by atoms with Gasteiger partial charge in [-0.25, -0.2) is 14.6 Å². The third-order valence-electron chi connectivity index (χ3n) is 4.49. The molecule has 13 heteroatoms. The Balaban J connectivity index is 1.88. The second-order valence-electron chi connectivity index (χ2n) is 6.93. The number of amides is 3. The first-order chi connectivity index (χ1) is 15.7. The topological polar surface area (TPSA) is 148 Å². The molecule has 0 radical (unpaired) electrons. The minimum atomic E-state index is -0.816. The molecule has 0 aromatic carbocycles. The van der Waals surface area contributed by atoms with Crippen LogP contribution in [0.4, 0.5) is 9.93 Å². The van der Waals surface area contributed by atoms with E-state index in [4.69, 9.17) is 9.47 Å². The largest absolute Gasteiger partial charge is 0.464 e. The lowest BCUT2D eigenvalue weighted by molar-refractivity contribution is -0.137. The maximum atomic E-state index is 12.4. The molecule has 0 bridgehead atoms. The van der Waals surface area contributed by atoms with Crippen molar-refractivity contribution in [2.24, 2.45) is 0 Å². The number of esters is 1. The number of piperidine rings is 1. The minimum absolute atomic E-state index is 0.102. The molecule has 33 heavy (non-hydrogen) atoms. The normalized spacial score (nSPS) is 15.2. The van der Waals surface area contributed by atoms with E-state index in [0.717, 1.165) is 26.5 Å². The summed E-state index contributed by atoms with van der Waals surface area (Å²) in [6.07, 6.45) is 1.11. The number of anilines is 1. The number of carbonyl (C=O) groups is 4. The van der Waals surface area contributed by atoms with Crippen LogP contribution in [0, 0.1) is 0 Å². The van der Waals surface area contributed by atoms with Gasteiger partial charge in [-0.2, -0.15) is 0 Å². The summed E-state index contributed by atoms with van der Waals surface area (Å²) in [6, 6.07) is -0.124. The minimum Gasteiger partial charge on any atom is -0.464 e. The third-order valence-corrected chi connectivity index (χ3v) is 5.40. The fourth-order valence-corrected chi connectivity index (χ4v) is 3.70. The van der Waals surface area contributed by atoms with Crippen molar-refractivity contribution in [2.75, 3.05) is 45.4 Å². The van der Waals surface area contributed by atoms with E-state index in [2.05, 4.69) is 38.8 Å². The molecule has 3 N–H and O–H groups in total. The van der Waals surface area contributed by atoms with E-state index >= 15 is 0 Å². The van der Waals surface area contributed by atoms with Crippen LogP contribution in [0.1, 0.15) is 23.3 Å². The number of carbonyl (C=O) groups excluding carboxylic acids is 4. The highest BCUT2D eigenvalue weighted by atomic mass is 32.1. The monoisotopic (exact) mass is 481 g/mol. The summed E-state index contributed by atoms with van der Waals surface area (Å²) in [7, 11) is 2.67. The average molecular weight is 482 g/mol. The number of ether oxygens (including phenoxy) is 3. The van der Waals surface area contributed by atoms with E-state index in [-0.39, 0.29) is 29.7 Å². The van der Waals surface area contributed by atoms with Crippen LogP contribution in [-0.2, 0) is 23.8 Å². The number of hydrogen-bond acceptors (Lipinski definition) is 10. The molecule has 1 aromatic rings. The van der Waals surface area contributed by atoms with Crippen molar-refractivity contribution in [3.05, 3.63) is 35.6 Å². The van der Waals surface area contributed by atoms with Crippen molar-refractivity contribution < 1.29 is 33.4 Å². The molecule has 1 saturated heterocycles. The van der Waals surface area contributed by atoms with Gasteiger partial charge in [0.05, 0.1) is 19.4 Å². The Morgan fingerprint density at radius 3 is 2.64 bits per heavy atom. The fraction of sp³-hybridized carbons (Fsp3) is 0.450. The molecule has 2 rings (SSSR count). The molecular weight excluding hydrogens is 454 g/mol. The molecule has 1 fully saturated rings. The maximum absolute atomic E-state index is 12.4. The number of hydrogen-bond donors (Lipinski definition) is 3. The molecule has 1 atom stereocenters. The fourth-order valence-electron chi connectivity index (χ4n) is 2.85. The maximum Gasteiger partial charge on any atom is 0.407 e. The summed E-state index contributed by atoms with van der Waals surface area (Å²) in [4.78, 5) is 53.9. The first-order valence-corrected chi connectivity index (χ1v) is 10.8. The van der Waals surface area contributed by atoms with E-state index in [1.165, 1.54) is 18.4 Å². The van der Waals surface area contributed by atoms with E-state index in [9.17, 15) is 19.2 Å². The molecule has 1 aromatic heterocycles. The third kappa shape index (κ3) is 7.88. The number of nitrogens with zero attached hydrogens (tertiary/aromatic N) is 2. The SMILES string of the molecule is C=C(NC(=O)c1csc(N2CCC[C@@H](NC(=O)OCCOC)C2)n1)C(=O)NC(=C)C(=O)OC. The molecule has 12 nitrogen and oxygen atoms in total. The first-order valence-electron chi connectivity index (χ1n) is 9.96. The van der Waals surface area contributed by atoms with Gasteiger partial charge in [-0.1, -0.05) is 13.2 Å². The van der Waals surface area contributed by atoms with E-state index in [1.807, 2.05) is 4.90 Å². The van der Waals surface area contributed by atoms with Gasteiger partial charge in [0.1, 0.15) is 18.0 Å². The van der Waals surface area contributed by atoms with Crippen LogP contribution in [0.3, 0.4) is 0 Å². The highest BCUT2D eigenvalue weighted by Crippen LogP contribution is 2.24. The molecule has 0 spiro atoms. The van der Waals surface area contributed by atoms with Gasteiger partial charge in [-0.3, -0.25) is 9.59 Å². The highest BCUT2D eigenvalue weighted by Gasteiger charge is 2.25. The molecule has 2 heterocycles. The molecule has 3 amide bonds. The van der Waals surface area contributed by atoms with Gasteiger partial charge < -0.3 is 35.1 Å². The van der Waals surface area contributed by atoms with Crippen molar-refractivity contribution in [1.29, 1.82) is 0 Å². The summed E-state index contributed by atoms with van der Waals surface area (Å²) in [6.45, 7) is 8.58. The molecule has 0 unspecified atom stereocenters. The van der Waals surface area contributed by atoms with Gasteiger partial charge >= 0.3 is 12.1 Å². The quantitative estimate of drug-likeness (QED) is 0.247. The van der Waals surface area contributed by atoms with Gasteiger partial charge in [-0.05, 0) is 12.8 Å². The second-order valence-corrected chi connectivity index (χ2v) is 7.77. The van der Waals surface area contributed by atoms with Gasteiger partial charge in [-0.15, -0.1) is 11.3 Å². The summed E-state index contributed by atoms with van der Waals surface area (Å²) in [5, 5.41) is 9.49. The molecule has 0 aliphatic carbocycles. The molecule has 1 aliphatic rings. The predicted molar refractivity (Wildman–Crippen MR) is 120 cm³/mol. The molecule has 180 valence electrons. The van der Waals surface area contributed by atoms with Gasteiger partial charge in [0.2, 0.25) is 0 Å². The van der Waals surface area contributed by atoms with Crippen LogP contribution in [0.5, 0.6) is 0 Å². The highest BCUT2D eigenvalue weighted by molar-refractivity contribution is 7.13. The van der Waals surface area contributed by atoms with Crippen molar-refractivity contribution in [3.63, 3.8) is 0 Å². The first kappa shape index (κ1) is 25.8. The summed E-state index contributed by atoms with van der Waals surface area (Å²) < 4.78 is 14.3. The predicted octanol–water partition coefficient (Wildman–Crippen LogP) is 0.531. The molecular formula is C20H27N5O7S. The van der Waals surface area contributed by atoms with Crippen molar-refractivity contribution in [2.45, 2.75) is 18.9 Å². The Hall–Kier alpha value is -3.45. The number of rotatable bonds is 10. The number of aromatic nitrogens is 1. The zero-order valence-corrected chi connectivity index (χ0v) is 19.3. The smallest absolute Gasteiger partial charge is 0.407 e. The zero-order chi connectivity index (χ0) is 24.4. The van der Waals surface area contributed by atoms with Gasteiger partial charge in [0.15, 0.2) is 5.13 Å². The standard InChI is InChI=1S/C20H27N5O7S/c1-12(16(26)22-13(2)18(28)31-4)21-17(27)15-11-33-19(24-15)25-7-5-6-14(10-25)23-20(29)32-9-8-30-3/h11,14H,1-2,5-10H2,3-4H3,(H,21,27)(H,22,26)(H,23,29)/t14-/m1/s1. The number of methoxy groups -OCH3 is 2. The van der Waals surface area contributed by atoms with Crippen LogP contribution >= 0.6 is 11.3 Å². The summed E-state index contributed by atoms with van der Waals surface area (Å²) in [5.41, 5.74) is -0.469.